The molecule has 3 heteroatoms. The van der Waals surface area contributed by atoms with Gasteiger partial charge >= 0.3 is 0 Å². The van der Waals surface area contributed by atoms with E-state index in [2.05, 4.69) is 43.2 Å². The minimum Gasteiger partial charge on any atom is -0.386 e. The molecule has 1 aromatic rings. The van der Waals surface area contributed by atoms with Crippen molar-refractivity contribution in [3.63, 3.8) is 0 Å². The van der Waals surface area contributed by atoms with E-state index in [0.29, 0.717) is 5.92 Å². The number of benzene rings is 1. The molecule has 0 aromatic heterocycles. The third kappa shape index (κ3) is 2.12. The van der Waals surface area contributed by atoms with Gasteiger partial charge in [0.2, 0.25) is 0 Å². The van der Waals surface area contributed by atoms with Crippen LogP contribution in [-0.2, 0) is 0 Å². The number of amidine groups is 1. The Balaban J connectivity index is 2.17. The Morgan fingerprint density at radius 3 is 2.40 bits per heavy atom. The van der Waals surface area contributed by atoms with Crippen LogP contribution in [0.15, 0.2) is 29.4 Å². The second kappa shape index (κ2) is 3.93. The van der Waals surface area contributed by atoms with Crippen molar-refractivity contribution in [2.24, 2.45) is 10.8 Å². The van der Waals surface area contributed by atoms with Crippen LogP contribution < -0.4 is 10.7 Å². The number of hydrazone groups is 1. The fourth-order valence-corrected chi connectivity index (χ4v) is 1.69. The predicted molar refractivity (Wildman–Crippen MR) is 64.1 cm³/mol. The summed E-state index contributed by atoms with van der Waals surface area (Å²) in [4.78, 5) is 0. The number of rotatable bonds is 2. The van der Waals surface area contributed by atoms with E-state index in [-0.39, 0.29) is 0 Å². The van der Waals surface area contributed by atoms with Crippen molar-refractivity contribution in [2.75, 3.05) is 11.6 Å². The molecule has 1 heterocycles. The molecule has 0 bridgehead atoms. The molecule has 0 saturated carbocycles. The first-order valence-electron chi connectivity index (χ1n) is 5.37. The molecule has 2 N–H and O–H groups in total. The summed E-state index contributed by atoms with van der Waals surface area (Å²) in [5.41, 5.74) is 8.13. The number of nitrogens with zero attached hydrogens (tertiary/aromatic N) is 2. The van der Waals surface area contributed by atoms with E-state index in [0.717, 1.165) is 24.5 Å². The van der Waals surface area contributed by atoms with Crippen molar-refractivity contribution in [1.82, 2.24) is 0 Å². The Morgan fingerprint density at radius 2 is 1.93 bits per heavy atom. The van der Waals surface area contributed by atoms with Crippen LogP contribution in [0.5, 0.6) is 0 Å². The maximum absolute atomic E-state index is 5.65. The summed E-state index contributed by atoms with van der Waals surface area (Å²) in [5.74, 6) is 1.30. The summed E-state index contributed by atoms with van der Waals surface area (Å²) >= 11 is 0. The molecule has 0 amide bonds. The fraction of sp³-hybridized carbons (Fsp3) is 0.417. The number of anilines is 1. The van der Waals surface area contributed by atoms with E-state index in [9.17, 15) is 0 Å². The lowest BCUT2D eigenvalue weighted by Crippen LogP contribution is -2.11. The summed E-state index contributed by atoms with van der Waals surface area (Å²) in [7, 11) is 0. The highest BCUT2D eigenvalue weighted by molar-refractivity contribution is 5.84. The van der Waals surface area contributed by atoms with Crippen LogP contribution in [0, 0.1) is 0 Å². The van der Waals surface area contributed by atoms with Gasteiger partial charge in [-0.3, -0.25) is 5.01 Å². The third-order valence-electron chi connectivity index (χ3n) is 2.69. The van der Waals surface area contributed by atoms with E-state index in [1.54, 1.807) is 0 Å². The lowest BCUT2D eigenvalue weighted by Gasteiger charge is -2.14. The molecule has 0 saturated heterocycles. The van der Waals surface area contributed by atoms with E-state index < -0.39 is 0 Å². The molecular weight excluding hydrogens is 186 g/mol. The summed E-state index contributed by atoms with van der Waals surface area (Å²) in [5, 5.41) is 6.22. The first-order valence-corrected chi connectivity index (χ1v) is 5.37. The maximum atomic E-state index is 5.65. The van der Waals surface area contributed by atoms with Crippen molar-refractivity contribution in [3.8, 4) is 0 Å². The van der Waals surface area contributed by atoms with E-state index in [1.165, 1.54) is 5.56 Å². The fourth-order valence-electron chi connectivity index (χ4n) is 1.69. The van der Waals surface area contributed by atoms with Gasteiger partial charge in [-0.25, -0.2) is 0 Å². The maximum Gasteiger partial charge on any atom is 0.122 e. The molecule has 1 aromatic carbocycles. The lowest BCUT2D eigenvalue weighted by atomic mass is 10.0. The Labute approximate surface area is 90.6 Å². The predicted octanol–water partition coefficient (Wildman–Crippen LogP) is 2.29. The van der Waals surface area contributed by atoms with Crippen LogP contribution >= 0.6 is 0 Å². The highest BCUT2D eigenvalue weighted by Gasteiger charge is 2.13. The molecule has 0 radical (unpaired) electrons. The van der Waals surface area contributed by atoms with Crippen LogP contribution in [0.3, 0.4) is 0 Å². The highest BCUT2D eigenvalue weighted by atomic mass is 15.5. The monoisotopic (exact) mass is 203 g/mol. The number of nitrogens with two attached hydrogens (primary N) is 1. The average molecular weight is 203 g/mol. The minimum atomic E-state index is 0.575. The zero-order valence-electron chi connectivity index (χ0n) is 9.27. The molecule has 1 aliphatic rings. The first-order chi connectivity index (χ1) is 7.16. The topological polar surface area (TPSA) is 41.6 Å². The molecule has 80 valence electrons. The minimum absolute atomic E-state index is 0.575. The average Bonchev–Trinajstić information content (AvgIpc) is 2.65. The van der Waals surface area contributed by atoms with E-state index >= 15 is 0 Å². The van der Waals surface area contributed by atoms with Gasteiger partial charge in [0, 0.05) is 13.0 Å². The quantitative estimate of drug-likeness (QED) is 0.801. The molecule has 0 fully saturated rings. The SMILES string of the molecule is CC(C)c1ccc(N2CCC(N)=N2)cc1. The van der Waals surface area contributed by atoms with Crippen LogP contribution in [0.4, 0.5) is 5.69 Å². The van der Waals surface area contributed by atoms with Gasteiger partial charge in [-0.15, -0.1) is 0 Å². The van der Waals surface area contributed by atoms with Crippen molar-refractivity contribution < 1.29 is 0 Å². The molecule has 0 aliphatic carbocycles. The van der Waals surface area contributed by atoms with Crippen LogP contribution in [0.25, 0.3) is 0 Å². The molecule has 15 heavy (non-hydrogen) atoms. The second-order valence-electron chi connectivity index (χ2n) is 4.21. The van der Waals surface area contributed by atoms with E-state index in [4.69, 9.17) is 5.73 Å². The summed E-state index contributed by atoms with van der Waals surface area (Å²) in [6, 6.07) is 8.53. The Morgan fingerprint density at radius 1 is 1.27 bits per heavy atom. The Hall–Kier alpha value is -1.51. The molecule has 0 atom stereocenters. The van der Waals surface area contributed by atoms with Gasteiger partial charge in [0.25, 0.3) is 0 Å². The molecule has 1 aliphatic heterocycles. The van der Waals surface area contributed by atoms with Gasteiger partial charge in [0.1, 0.15) is 5.84 Å². The summed E-state index contributed by atoms with van der Waals surface area (Å²) in [6.45, 7) is 5.29. The summed E-state index contributed by atoms with van der Waals surface area (Å²) in [6.07, 6.45) is 0.867. The molecule has 3 nitrogen and oxygen atoms in total. The molecule has 2 rings (SSSR count). The van der Waals surface area contributed by atoms with Crippen molar-refractivity contribution in [3.05, 3.63) is 29.8 Å². The normalized spacial score (nSPS) is 15.9. The van der Waals surface area contributed by atoms with Crippen molar-refractivity contribution in [1.29, 1.82) is 0 Å². The van der Waals surface area contributed by atoms with Gasteiger partial charge in [-0.2, -0.15) is 5.10 Å². The smallest absolute Gasteiger partial charge is 0.122 e. The van der Waals surface area contributed by atoms with Crippen LogP contribution in [0.2, 0.25) is 0 Å². The van der Waals surface area contributed by atoms with Gasteiger partial charge in [-0.05, 0) is 23.6 Å². The lowest BCUT2D eigenvalue weighted by molar-refractivity contribution is 0.863. The number of hydrogen-bond acceptors (Lipinski definition) is 3. The standard InChI is InChI=1S/C12H17N3/c1-9(2)10-3-5-11(6-4-10)15-8-7-12(13)14-15/h3-6,9H,7-8H2,1-2H3,(H2,13,14). The van der Waals surface area contributed by atoms with Crippen LogP contribution in [0.1, 0.15) is 31.7 Å². The molecular formula is C12H17N3. The number of hydrogen-bond donors (Lipinski definition) is 1. The molecule has 0 spiro atoms. The summed E-state index contributed by atoms with van der Waals surface area (Å²) < 4.78 is 0. The van der Waals surface area contributed by atoms with Gasteiger partial charge in [-0.1, -0.05) is 26.0 Å². The second-order valence-corrected chi connectivity index (χ2v) is 4.21. The Kier molecular flexibility index (Phi) is 2.62. The Bertz CT molecular complexity index is 365. The zero-order valence-corrected chi connectivity index (χ0v) is 9.27. The third-order valence-corrected chi connectivity index (χ3v) is 2.69. The van der Waals surface area contributed by atoms with Crippen LogP contribution in [-0.4, -0.2) is 12.4 Å². The molecule has 0 unspecified atom stereocenters. The van der Waals surface area contributed by atoms with Gasteiger partial charge in [0.15, 0.2) is 0 Å². The van der Waals surface area contributed by atoms with Crippen molar-refractivity contribution in [2.45, 2.75) is 26.2 Å². The zero-order chi connectivity index (χ0) is 10.8. The van der Waals surface area contributed by atoms with Gasteiger partial charge in [0.05, 0.1) is 5.69 Å². The highest BCUT2D eigenvalue weighted by Crippen LogP contribution is 2.22. The largest absolute Gasteiger partial charge is 0.386 e. The van der Waals surface area contributed by atoms with Crippen molar-refractivity contribution >= 4 is 11.5 Å². The van der Waals surface area contributed by atoms with Gasteiger partial charge < -0.3 is 5.73 Å². The first kappa shape index (κ1) is 10.0. The van der Waals surface area contributed by atoms with E-state index in [1.807, 2.05) is 5.01 Å².